The Morgan fingerprint density at radius 2 is 1.96 bits per heavy atom. The van der Waals surface area contributed by atoms with Crippen molar-refractivity contribution in [3.05, 3.63) is 28.7 Å². The number of guanidine groups is 1. The Hall–Kier alpha value is -1.12. The second-order valence-electron chi connectivity index (χ2n) is 6.97. The van der Waals surface area contributed by atoms with Crippen LogP contribution in [0.25, 0.3) is 0 Å². The zero-order valence-corrected chi connectivity index (χ0v) is 17.0. The van der Waals surface area contributed by atoms with Gasteiger partial charge in [-0.3, -0.25) is 4.90 Å². The molecule has 138 valence electrons. The van der Waals surface area contributed by atoms with Gasteiger partial charge in [0.25, 0.3) is 10.0 Å². The maximum absolute atomic E-state index is 12.4. The summed E-state index contributed by atoms with van der Waals surface area (Å²) in [6.07, 6.45) is 3.72. The smallest absolute Gasteiger partial charge is 0.264 e. The van der Waals surface area contributed by atoms with Gasteiger partial charge in [0.2, 0.25) is 5.96 Å². The number of aliphatic imine (C=N–C) groups is 1. The standard InChI is InChI=1S/C17H25BrN4O2S/c1-12-4-3-5-16(13(12)2)22-10-19-17(20-11-22)21-25(23,24)15-8-6-14(18)7-9-15/h6-9,12-13,16H,3-5,10-11H2,1-2H3,(H2,19,20,21)/t12-,13-,16+/m1/s1. The topological polar surface area (TPSA) is 73.8 Å². The molecule has 1 saturated carbocycles. The van der Waals surface area contributed by atoms with Crippen LogP contribution in [-0.4, -0.2) is 38.7 Å². The first-order valence-electron chi connectivity index (χ1n) is 8.67. The fraction of sp³-hybridized carbons (Fsp3) is 0.588. The molecule has 25 heavy (non-hydrogen) atoms. The van der Waals surface area contributed by atoms with Crippen molar-refractivity contribution in [1.29, 1.82) is 0 Å². The van der Waals surface area contributed by atoms with Gasteiger partial charge in [-0.2, -0.15) is 0 Å². The van der Waals surface area contributed by atoms with Gasteiger partial charge < -0.3 is 5.32 Å². The second-order valence-corrected chi connectivity index (χ2v) is 9.56. The van der Waals surface area contributed by atoms with E-state index in [1.807, 2.05) is 0 Å². The van der Waals surface area contributed by atoms with E-state index in [4.69, 9.17) is 0 Å². The predicted octanol–water partition coefficient (Wildman–Crippen LogP) is 2.73. The fourth-order valence-electron chi connectivity index (χ4n) is 3.60. The molecule has 0 aromatic heterocycles. The highest BCUT2D eigenvalue weighted by Crippen LogP contribution is 2.32. The Labute approximate surface area is 158 Å². The van der Waals surface area contributed by atoms with Gasteiger partial charge in [-0.15, -0.1) is 0 Å². The Morgan fingerprint density at radius 3 is 2.60 bits per heavy atom. The van der Waals surface area contributed by atoms with Crippen LogP contribution in [0, 0.1) is 11.8 Å². The molecule has 0 spiro atoms. The average molecular weight is 429 g/mol. The van der Waals surface area contributed by atoms with E-state index >= 15 is 0 Å². The summed E-state index contributed by atoms with van der Waals surface area (Å²) in [5.41, 5.74) is 0. The molecule has 2 N–H and O–H groups in total. The molecule has 1 fully saturated rings. The lowest BCUT2D eigenvalue weighted by molar-refractivity contribution is 0.0768. The molecular weight excluding hydrogens is 404 g/mol. The fourth-order valence-corrected chi connectivity index (χ4v) is 4.87. The minimum Gasteiger partial charge on any atom is -0.343 e. The summed E-state index contributed by atoms with van der Waals surface area (Å²) >= 11 is 3.31. The molecule has 0 saturated heterocycles. The number of nitrogens with one attached hydrogen (secondary N) is 2. The summed E-state index contributed by atoms with van der Waals surface area (Å²) in [4.78, 5) is 6.93. The molecule has 2 aliphatic rings. The van der Waals surface area contributed by atoms with Crippen molar-refractivity contribution in [2.75, 3.05) is 13.3 Å². The van der Waals surface area contributed by atoms with Crippen LogP contribution in [0.4, 0.5) is 0 Å². The normalized spacial score (nSPS) is 28.1. The molecule has 0 unspecified atom stereocenters. The maximum atomic E-state index is 12.4. The van der Waals surface area contributed by atoms with Crippen LogP contribution >= 0.6 is 15.9 Å². The minimum atomic E-state index is -3.62. The van der Waals surface area contributed by atoms with E-state index < -0.39 is 10.0 Å². The molecule has 8 heteroatoms. The predicted molar refractivity (Wildman–Crippen MR) is 103 cm³/mol. The number of rotatable bonds is 3. The van der Waals surface area contributed by atoms with E-state index in [1.165, 1.54) is 19.3 Å². The Kier molecular flexibility index (Phi) is 5.70. The number of nitrogens with zero attached hydrogens (tertiary/aromatic N) is 2. The third-order valence-corrected chi connectivity index (χ3v) is 7.23. The van der Waals surface area contributed by atoms with E-state index in [9.17, 15) is 8.42 Å². The van der Waals surface area contributed by atoms with Crippen molar-refractivity contribution in [2.45, 2.75) is 44.0 Å². The molecule has 3 atom stereocenters. The first-order chi connectivity index (χ1) is 11.9. The third kappa shape index (κ3) is 4.35. The van der Waals surface area contributed by atoms with Crippen LogP contribution in [0.15, 0.2) is 38.6 Å². The SMILES string of the molecule is C[C@@H]1[C@H](C)CCC[C@@H]1N1CN=C(NS(=O)(=O)c2ccc(Br)cc2)NC1. The van der Waals surface area contributed by atoms with Crippen molar-refractivity contribution < 1.29 is 8.42 Å². The number of benzene rings is 1. The Bertz CT molecular complexity index is 736. The van der Waals surface area contributed by atoms with Crippen molar-refractivity contribution in [2.24, 2.45) is 16.8 Å². The van der Waals surface area contributed by atoms with Crippen LogP contribution in [0.3, 0.4) is 0 Å². The summed E-state index contributed by atoms with van der Waals surface area (Å²) in [6.45, 7) is 5.76. The molecule has 3 rings (SSSR count). The zero-order valence-electron chi connectivity index (χ0n) is 14.6. The third-order valence-electron chi connectivity index (χ3n) is 5.35. The summed E-state index contributed by atoms with van der Waals surface area (Å²) in [6, 6.07) is 7.04. The quantitative estimate of drug-likeness (QED) is 0.775. The molecule has 1 aromatic rings. The van der Waals surface area contributed by atoms with E-state index in [-0.39, 0.29) is 4.90 Å². The van der Waals surface area contributed by atoms with Gasteiger partial charge in [0.15, 0.2) is 0 Å². The molecule has 0 bridgehead atoms. The van der Waals surface area contributed by atoms with E-state index in [0.717, 1.165) is 10.4 Å². The molecule has 0 amide bonds. The number of halogens is 1. The first-order valence-corrected chi connectivity index (χ1v) is 10.9. The minimum absolute atomic E-state index is 0.220. The summed E-state index contributed by atoms with van der Waals surface area (Å²) in [5.74, 6) is 1.67. The Morgan fingerprint density at radius 1 is 1.24 bits per heavy atom. The molecule has 6 nitrogen and oxygen atoms in total. The van der Waals surface area contributed by atoms with Gasteiger partial charge in [0, 0.05) is 10.5 Å². The highest BCUT2D eigenvalue weighted by Gasteiger charge is 2.32. The maximum Gasteiger partial charge on any atom is 0.264 e. The molecule has 1 aliphatic carbocycles. The van der Waals surface area contributed by atoms with Crippen molar-refractivity contribution in [1.82, 2.24) is 14.9 Å². The van der Waals surface area contributed by atoms with Crippen LogP contribution in [0.1, 0.15) is 33.1 Å². The van der Waals surface area contributed by atoms with E-state index in [0.29, 0.717) is 31.3 Å². The van der Waals surface area contributed by atoms with Crippen molar-refractivity contribution >= 4 is 31.9 Å². The first kappa shape index (κ1) is 18.7. The molecule has 1 aromatic carbocycles. The lowest BCUT2D eigenvalue weighted by atomic mass is 9.77. The van der Waals surface area contributed by atoms with Gasteiger partial charge >= 0.3 is 0 Å². The summed E-state index contributed by atoms with van der Waals surface area (Å²) < 4.78 is 28.2. The zero-order chi connectivity index (χ0) is 18.0. The van der Waals surface area contributed by atoms with Crippen molar-refractivity contribution in [3.63, 3.8) is 0 Å². The monoisotopic (exact) mass is 428 g/mol. The van der Waals surface area contributed by atoms with Crippen LogP contribution in [-0.2, 0) is 10.0 Å². The largest absolute Gasteiger partial charge is 0.343 e. The molecule has 1 heterocycles. The Balaban J connectivity index is 1.64. The van der Waals surface area contributed by atoms with Crippen LogP contribution < -0.4 is 10.0 Å². The molecular formula is C17H25BrN4O2S. The second kappa shape index (κ2) is 7.63. The van der Waals surface area contributed by atoms with E-state index in [2.05, 4.69) is 49.7 Å². The highest BCUT2D eigenvalue weighted by molar-refractivity contribution is 9.10. The van der Waals surface area contributed by atoms with Crippen LogP contribution in [0.5, 0.6) is 0 Å². The van der Waals surface area contributed by atoms with Gasteiger partial charge in [0.05, 0.1) is 18.2 Å². The molecule has 0 radical (unpaired) electrons. The lowest BCUT2D eigenvalue weighted by Crippen LogP contribution is -2.55. The summed E-state index contributed by atoms with van der Waals surface area (Å²) in [7, 11) is -3.62. The lowest BCUT2D eigenvalue weighted by Gasteiger charge is -2.42. The van der Waals surface area contributed by atoms with Gasteiger partial charge in [-0.25, -0.2) is 18.1 Å². The number of hydrogen-bond acceptors (Lipinski definition) is 5. The number of sulfonamides is 1. The van der Waals surface area contributed by atoms with Gasteiger partial charge in [-0.1, -0.05) is 42.6 Å². The molecule has 1 aliphatic heterocycles. The van der Waals surface area contributed by atoms with Crippen molar-refractivity contribution in [3.8, 4) is 0 Å². The highest BCUT2D eigenvalue weighted by atomic mass is 79.9. The van der Waals surface area contributed by atoms with Gasteiger partial charge in [0.1, 0.15) is 0 Å². The number of hydrogen-bond donors (Lipinski definition) is 2. The van der Waals surface area contributed by atoms with Gasteiger partial charge in [-0.05, 0) is 42.5 Å². The summed E-state index contributed by atoms with van der Waals surface area (Å²) in [5, 5.41) is 3.12. The van der Waals surface area contributed by atoms with Crippen LogP contribution in [0.2, 0.25) is 0 Å². The van der Waals surface area contributed by atoms with E-state index in [1.54, 1.807) is 24.3 Å². The average Bonchev–Trinajstić information content (AvgIpc) is 2.58.